The Morgan fingerprint density at radius 1 is 1.47 bits per heavy atom. The summed E-state index contributed by atoms with van der Waals surface area (Å²) in [7, 11) is -3.68. The van der Waals surface area contributed by atoms with Crippen molar-refractivity contribution in [3.05, 3.63) is 29.6 Å². The maximum Gasteiger partial charge on any atom is 0.240 e. The molecule has 4 nitrogen and oxygen atoms in total. The molecular formula is C12H18FNO3S2. The molecule has 0 saturated heterocycles. The molecule has 1 unspecified atom stereocenters. The van der Waals surface area contributed by atoms with E-state index in [1.54, 1.807) is 18.7 Å². The van der Waals surface area contributed by atoms with Crippen LogP contribution in [0.4, 0.5) is 4.39 Å². The van der Waals surface area contributed by atoms with Gasteiger partial charge in [0.2, 0.25) is 10.0 Å². The monoisotopic (exact) mass is 307 g/mol. The van der Waals surface area contributed by atoms with Gasteiger partial charge in [0.1, 0.15) is 5.82 Å². The molecule has 0 saturated carbocycles. The Labute approximate surface area is 117 Å². The molecule has 0 heterocycles. The molecule has 0 radical (unpaired) electrons. The number of benzene rings is 1. The van der Waals surface area contributed by atoms with E-state index in [9.17, 15) is 12.8 Å². The second-order valence-corrected chi connectivity index (χ2v) is 6.91. The van der Waals surface area contributed by atoms with Gasteiger partial charge in [0.25, 0.3) is 0 Å². The highest BCUT2D eigenvalue weighted by atomic mass is 32.2. The molecular weight excluding hydrogens is 289 g/mol. The van der Waals surface area contributed by atoms with Crippen molar-refractivity contribution in [2.45, 2.75) is 30.9 Å². The van der Waals surface area contributed by atoms with E-state index in [4.69, 9.17) is 5.11 Å². The second kappa shape index (κ2) is 7.23. The molecule has 0 aromatic heterocycles. The van der Waals surface area contributed by atoms with Gasteiger partial charge in [-0.3, -0.25) is 0 Å². The van der Waals surface area contributed by atoms with Crippen LogP contribution < -0.4 is 4.72 Å². The van der Waals surface area contributed by atoms with E-state index in [0.717, 1.165) is 17.9 Å². The van der Waals surface area contributed by atoms with E-state index in [-0.39, 0.29) is 16.5 Å². The predicted molar refractivity (Wildman–Crippen MR) is 75.1 cm³/mol. The largest absolute Gasteiger partial charge is 0.392 e. The lowest BCUT2D eigenvalue weighted by atomic mass is 10.2. The van der Waals surface area contributed by atoms with Gasteiger partial charge in [-0.1, -0.05) is 0 Å². The van der Waals surface area contributed by atoms with Gasteiger partial charge in [0.15, 0.2) is 0 Å². The smallest absolute Gasteiger partial charge is 0.240 e. The quantitative estimate of drug-likeness (QED) is 0.805. The van der Waals surface area contributed by atoms with Crippen LogP contribution in [0, 0.1) is 5.82 Å². The summed E-state index contributed by atoms with van der Waals surface area (Å²) >= 11 is 1.64. The van der Waals surface area contributed by atoms with Crippen LogP contribution in [0.15, 0.2) is 23.1 Å². The average Bonchev–Trinajstić information content (AvgIpc) is 2.36. The summed E-state index contributed by atoms with van der Waals surface area (Å²) in [5.74, 6) is 0.242. The molecule has 0 aliphatic heterocycles. The molecule has 108 valence electrons. The normalized spacial score (nSPS) is 13.5. The van der Waals surface area contributed by atoms with Crippen LogP contribution in [0.1, 0.15) is 18.9 Å². The number of rotatable bonds is 7. The molecule has 1 atom stereocenters. The zero-order valence-electron chi connectivity index (χ0n) is 10.9. The fraction of sp³-hybridized carbons (Fsp3) is 0.500. The maximum atomic E-state index is 13.2. The van der Waals surface area contributed by atoms with Gasteiger partial charge in [0, 0.05) is 11.6 Å². The first-order valence-corrected chi connectivity index (χ1v) is 8.69. The van der Waals surface area contributed by atoms with Crippen LogP contribution in [0.2, 0.25) is 0 Å². The number of halogens is 1. The van der Waals surface area contributed by atoms with Gasteiger partial charge in [-0.2, -0.15) is 11.8 Å². The number of hydrogen-bond donors (Lipinski definition) is 2. The van der Waals surface area contributed by atoms with Crippen LogP contribution in [0.25, 0.3) is 0 Å². The zero-order valence-corrected chi connectivity index (χ0v) is 12.5. The van der Waals surface area contributed by atoms with Crippen molar-refractivity contribution in [1.82, 2.24) is 4.72 Å². The van der Waals surface area contributed by atoms with Crippen molar-refractivity contribution < 1.29 is 17.9 Å². The van der Waals surface area contributed by atoms with Gasteiger partial charge in [0.05, 0.1) is 11.5 Å². The third kappa shape index (κ3) is 4.76. The van der Waals surface area contributed by atoms with Crippen molar-refractivity contribution in [3.63, 3.8) is 0 Å². The summed E-state index contributed by atoms with van der Waals surface area (Å²) in [4.78, 5) is -0.0334. The average molecular weight is 307 g/mol. The highest BCUT2D eigenvalue weighted by Crippen LogP contribution is 2.16. The fourth-order valence-corrected chi connectivity index (χ4v) is 3.44. The molecule has 0 bridgehead atoms. The first-order valence-electron chi connectivity index (χ1n) is 5.81. The van der Waals surface area contributed by atoms with Gasteiger partial charge in [-0.15, -0.1) is 0 Å². The fourth-order valence-electron chi connectivity index (χ4n) is 1.53. The Morgan fingerprint density at radius 3 is 2.74 bits per heavy atom. The lowest BCUT2D eigenvalue weighted by Crippen LogP contribution is -2.33. The molecule has 0 amide bonds. The minimum Gasteiger partial charge on any atom is -0.392 e. The lowest BCUT2D eigenvalue weighted by Gasteiger charge is -2.14. The number of nitrogens with one attached hydrogen (secondary N) is 1. The third-order valence-electron chi connectivity index (χ3n) is 2.61. The Hall–Kier alpha value is -0.630. The van der Waals surface area contributed by atoms with Crippen molar-refractivity contribution in [1.29, 1.82) is 0 Å². The Balaban J connectivity index is 2.88. The number of aliphatic hydroxyl groups is 1. The molecule has 1 rings (SSSR count). The predicted octanol–water partition coefficient (Wildman–Crippen LogP) is 1.74. The van der Waals surface area contributed by atoms with E-state index in [0.29, 0.717) is 6.42 Å². The van der Waals surface area contributed by atoms with E-state index in [1.165, 1.54) is 6.07 Å². The van der Waals surface area contributed by atoms with Crippen molar-refractivity contribution in [3.8, 4) is 0 Å². The minimum atomic E-state index is -3.68. The van der Waals surface area contributed by atoms with E-state index < -0.39 is 22.4 Å². The number of thioether (sulfide) groups is 1. The molecule has 1 aromatic rings. The van der Waals surface area contributed by atoms with E-state index in [1.807, 2.05) is 6.26 Å². The number of aliphatic hydroxyl groups excluding tert-OH is 1. The summed E-state index contributed by atoms with van der Waals surface area (Å²) < 4.78 is 39.9. The van der Waals surface area contributed by atoms with Crippen LogP contribution in [-0.2, 0) is 16.6 Å². The highest BCUT2D eigenvalue weighted by molar-refractivity contribution is 7.98. The van der Waals surface area contributed by atoms with Crippen LogP contribution in [-0.4, -0.2) is 31.6 Å². The molecule has 0 aliphatic carbocycles. The van der Waals surface area contributed by atoms with Gasteiger partial charge < -0.3 is 5.11 Å². The topological polar surface area (TPSA) is 66.4 Å². The molecule has 0 fully saturated rings. The Bertz CT molecular complexity index is 520. The highest BCUT2D eigenvalue weighted by Gasteiger charge is 2.18. The molecule has 19 heavy (non-hydrogen) atoms. The first kappa shape index (κ1) is 16.4. The lowest BCUT2D eigenvalue weighted by molar-refractivity contribution is 0.275. The standard InChI is InChI=1S/C12H18FNO3S2/c1-9(5-6-18-2)14-19(16,17)11-3-4-12(13)10(7-11)8-15/h3-4,7,9,14-15H,5-6,8H2,1-2H3. The van der Waals surface area contributed by atoms with Crippen LogP contribution in [0.3, 0.4) is 0 Å². The van der Waals surface area contributed by atoms with Gasteiger partial charge in [-0.25, -0.2) is 17.5 Å². The summed E-state index contributed by atoms with van der Waals surface area (Å²) in [6.45, 7) is 1.25. The minimum absolute atomic E-state index is 0.0281. The summed E-state index contributed by atoms with van der Waals surface area (Å²) in [6, 6.07) is 3.20. The van der Waals surface area contributed by atoms with E-state index in [2.05, 4.69) is 4.72 Å². The maximum absolute atomic E-state index is 13.2. The van der Waals surface area contributed by atoms with E-state index >= 15 is 0 Å². The summed E-state index contributed by atoms with van der Waals surface area (Å²) in [5.41, 5.74) is -0.0281. The number of sulfonamides is 1. The third-order valence-corrected chi connectivity index (χ3v) is 4.84. The summed E-state index contributed by atoms with van der Waals surface area (Å²) in [6.07, 6.45) is 2.67. The SMILES string of the molecule is CSCCC(C)NS(=O)(=O)c1ccc(F)c(CO)c1. The summed E-state index contributed by atoms with van der Waals surface area (Å²) in [5, 5.41) is 8.95. The number of hydrogen-bond acceptors (Lipinski definition) is 4. The second-order valence-electron chi connectivity index (χ2n) is 4.22. The Kier molecular flexibility index (Phi) is 6.25. The molecule has 7 heteroatoms. The van der Waals surface area contributed by atoms with Crippen molar-refractivity contribution in [2.24, 2.45) is 0 Å². The Morgan fingerprint density at radius 2 is 2.16 bits per heavy atom. The first-order chi connectivity index (χ1) is 8.90. The molecule has 0 aliphatic rings. The van der Waals surface area contributed by atoms with Crippen molar-refractivity contribution in [2.75, 3.05) is 12.0 Å². The van der Waals surface area contributed by atoms with Crippen LogP contribution in [0.5, 0.6) is 0 Å². The zero-order chi connectivity index (χ0) is 14.5. The van der Waals surface area contributed by atoms with Crippen LogP contribution >= 0.6 is 11.8 Å². The molecule has 1 aromatic carbocycles. The van der Waals surface area contributed by atoms with Gasteiger partial charge >= 0.3 is 0 Å². The van der Waals surface area contributed by atoms with Gasteiger partial charge in [-0.05, 0) is 43.6 Å². The molecule has 2 N–H and O–H groups in total. The van der Waals surface area contributed by atoms with Crippen molar-refractivity contribution >= 4 is 21.8 Å². The molecule has 0 spiro atoms.